The lowest BCUT2D eigenvalue weighted by Crippen LogP contribution is -2.05. The summed E-state index contributed by atoms with van der Waals surface area (Å²) in [6.45, 7) is 0. The number of rotatable bonds is 4. The molecular formula is C8H8BrFO2SSi. The molecule has 2 nitrogen and oxygen atoms in total. The van der Waals surface area contributed by atoms with Crippen molar-refractivity contribution in [3.05, 3.63) is 22.4 Å². The van der Waals surface area contributed by atoms with Crippen molar-refractivity contribution in [2.75, 3.05) is 11.6 Å². The van der Waals surface area contributed by atoms with Crippen LogP contribution in [0.4, 0.5) is 4.39 Å². The van der Waals surface area contributed by atoms with Crippen LogP contribution in [0.5, 0.6) is 11.5 Å². The zero-order valence-electron chi connectivity index (χ0n) is 7.38. The van der Waals surface area contributed by atoms with E-state index in [0.717, 1.165) is 5.38 Å². The van der Waals surface area contributed by atoms with Crippen molar-refractivity contribution >= 4 is 37.5 Å². The van der Waals surface area contributed by atoms with E-state index < -0.39 is 11.6 Å². The molecule has 0 unspecified atom stereocenters. The highest BCUT2D eigenvalue weighted by molar-refractivity contribution is 9.10. The molecular weight excluding hydrogens is 287 g/mol. The number of hydrogen-bond donors (Lipinski definition) is 1. The van der Waals surface area contributed by atoms with Gasteiger partial charge in [0.15, 0.2) is 11.6 Å². The number of phenols is 1. The SMILES string of the molecule is CSC[Si]Oc1cc(O)c(F)c(Br)c1. The predicted molar refractivity (Wildman–Crippen MR) is 60.5 cm³/mol. The van der Waals surface area contributed by atoms with Gasteiger partial charge in [0, 0.05) is 11.4 Å². The van der Waals surface area contributed by atoms with E-state index >= 15 is 0 Å². The Bertz CT molecular complexity index is 301. The summed E-state index contributed by atoms with van der Waals surface area (Å²) in [5.41, 5.74) is 0. The Morgan fingerprint density at radius 1 is 1.64 bits per heavy atom. The number of halogens is 2. The molecule has 14 heavy (non-hydrogen) atoms. The lowest BCUT2D eigenvalue weighted by Gasteiger charge is -2.06. The maximum atomic E-state index is 12.9. The molecule has 1 N–H and O–H groups in total. The van der Waals surface area contributed by atoms with Crippen molar-refractivity contribution in [3.8, 4) is 11.5 Å². The standard InChI is InChI=1S/C8H8BrFO2SSi/c1-13-4-14-12-5-2-6(9)8(10)7(11)3-5/h2-3,11H,4H2,1H3. The summed E-state index contributed by atoms with van der Waals surface area (Å²) in [6, 6.07) is 2.77. The van der Waals surface area contributed by atoms with Gasteiger partial charge in [-0.2, -0.15) is 11.8 Å². The first-order chi connectivity index (χ1) is 6.65. The Labute approximate surface area is 96.9 Å². The van der Waals surface area contributed by atoms with Crippen LogP contribution in [-0.4, -0.2) is 26.5 Å². The zero-order chi connectivity index (χ0) is 10.6. The number of benzene rings is 1. The zero-order valence-corrected chi connectivity index (χ0v) is 10.8. The Kier molecular flexibility index (Phi) is 4.77. The molecule has 0 bridgehead atoms. The largest absolute Gasteiger partial charge is 0.540 e. The van der Waals surface area contributed by atoms with Crippen LogP contribution in [0.3, 0.4) is 0 Å². The number of aromatic hydroxyl groups is 1. The molecule has 76 valence electrons. The molecule has 0 fully saturated rings. The van der Waals surface area contributed by atoms with Gasteiger partial charge in [-0.15, -0.1) is 0 Å². The lowest BCUT2D eigenvalue weighted by molar-refractivity contribution is 0.426. The highest BCUT2D eigenvalue weighted by Gasteiger charge is 2.08. The normalized spacial score (nSPS) is 10.2. The second-order valence-electron chi connectivity index (χ2n) is 2.42. The fourth-order valence-electron chi connectivity index (χ4n) is 0.781. The summed E-state index contributed by atoms with van der Waals surface area (Å²) in [5.74, 6) is -0.586. The molecule has 0 aliphatic heterocycles. The number of thioether (sulfide) groups is 1. The summed E-state index contributed by atoms with van der Waals surface area (Å²) in [5, 5.41) is 10.0. The van der Waals surface area contributed by atoms with Gasteiger partial charge in [-0.25, -0.2) is 4.39 Å². The molecule has 6 heteroatoms. The van der Waals surface area contributed by atoms with E-state index in [4.69, 9.17) is 9.53 Å². The van der Waals surface area contributed by atoms with Gasteiger partial charge in [-0.1, -0.05) is 0 Å². The molecule has 2 radical (unpaired) electrons. The van der Waals surface area contributed by atoms with Crippen LogP contribution < -0.4 is 4.43 Å². The molecule has 0 aliphatic rings. The average Bonchev–Trinajstić information content (AvgIpc) is 2.14. The van der Waals surface area contributed by atoms with Crippen LogP contribution in [0.1, 0.15) is 0 Å². The third-order valence-electron chi connectivity index (χ3n) is 1.38. The fourth-order valence-corrected chi connectivity index (χ4v) is 2.20. The van der Waals surface area contributed by atoms with Crippen molar-refractivity contribution in [1.82, 2.24) is 0 Å². The molecule has 0 atom stereocenters. The van der Waals surface area contributed by atoms with E-state index in [1.54, 1.807) is 11.8 Å². The van der Waals surface area contributed by atoms with Gasteiger partial charge in [0.2, 0.25) is 0 Å². The Hall–Kier alpha value is -0.203. The van der Waals surface area contributed by atoms with Crippen LogP contribution >= 0.6 is 27.7 Å². The van der Waals surface area contributed by atoms with Crippen molar-refractivity contribution in [2.24, 2.45) is 0 Å². The van der Waals surface area contributed by atoms with E-state index in [0.29, 0.717) is 15.5 Å². The Morgan fingerprint density at radius 2 is 2.36 bits per heavy atom. The molecule has 0 aliphatic carbocycles. The third kappa shape index (κ3) is 3.18. The van der Waals surface area contributed by atoms with Gasteiger partial charge >= 0.3 is 9.76 Å². The van der Waals surface area contributed by atoms with E-state index in [2.05, 4.69) is 15.9 Å². The Balaban J connectivity index is 2.69. The second-order valence-corrected chi connectivity index (χ2v) is 5.50. The summed E-state index contributed by atoms with van der Waals surface area (Å²) in [7, 11) is 0.308. The summed E-state index contributed by atoms with van der Waals surface area (Å²) < 4.78 is 18.5. The fraction of sp³-hybridized carbons (Fsp3) is 0.250. The first-order valence-corrected chi connectivity index (χ1v) is 7.02. The maximum Gasteiger partial charge on any atom is 0.321 e. The molecule has 1 aromatic rings. The summed E-state index contributed by atoms with van der Waals surface area (Å²) in [6.07, 6.45) is 1.98. The van der Waals surface area contributed by atoms with Crippen LogP contribution in [-0.2, 0) is 0 Å². The van der Waals surface area contributed by atoms with Crippen LogP contribution in [0, 0.1) is 5.82 Å². The predicted octanol–water partition coefficient (Wildman–Crippen LogP) is 2.61. The van der Waals surface area contributed by atoms with Crippen molar-refractivity contribution in [3.63, 3.8) is 0 Å². The number of phenolic OH excluding ortho intramolecular Hbond substituents is 1. The van der Waals surface area contributed by atoms with Gasteiger partial charge in [0.25, 0.3) is 0 Å². The smallest absolute Gasteiger partial charge is 0.321 e. The molecule has 0 aromatic heterocycles. The van der Waals surface area contributed by atoms with Gasteiger partial charge in [0.1, 0.15) is 5.75 Å². The van der Waals surface area contributed by atoms with Gasteiger partial charge in [-0.3, -0.25) is 0 Å². The van der Waals surface area contributed by atoms with E-state index in [9.17, 15) is 4.39 Å². The van der Waals surface area contributed by atoms with Crippen LogP contribution in [0.2, 0.25) is 0 Å². The Morgan fingerprint density at radius 3 is 2.93 bits per heavy atom. The van der Waals surface area contributed by atoms with Gasteiger partial charge in [-0.05, 0) is 28.3 Å². The van der Waals surface area contributed by atoms with E-state index in [1.807, 2.05) is 6.26 Å². The third-order valence-corrected chi connectivity index (χ3v) is 3.96. The average molecular weight is 295 g/mol. The van der Waals surface area contributed by atoms with E-state index in [-0.39, 0.29) is 4.47 Å². The van der Waals surface area contributed by atoms with Crippen LogP contribution in [0.15, 0.2) is 16.6 Å². The minimum absolute atomic E-state index is 0.210. The first kappa shape index (κ1) is 11.9. The molecule has 0 amide bonds. The minimum atomic E-state index is -0.662. The molecule has 0 heterocycles. The molecule has 0 saturated carbocycles. The molecule has 0 spiro atoms. The lowest BCUT2D eigenvalue weighted by atomic mass is 10.3. The van der Waals surface area contributed by atoms with E-state index in [1.165, 1.54) is 12.1 Å². The first-order valence-electron chi connectivity index (χ1n) is 3.71. The van der Waals surface area contributed by atoms with Gasteiger partial charge < -0.3 is 9.53 Å². The number of hydrogen-bond acceptors (Lipinski definition) is 3. The quantitative estimate of drug-likeness (QED) is 0.684. The topological polar surface area (TPSA) is 29.5 Å². The molecule has 0 saturated heterocycles. The highest BCUT2D eigenvalue weighted by atomic mass is 79.9. The monoisotopic (exact) mass is 294 g/mol. The minimum Gasteiger partial charge on any atom is -0.540 e. The maximum absolute atomic E-state index is 12.9. The summed E-state index contributed by atoms with van der Waals surface area (Å²) in [4.78, 5) is 0. The molecule has 1 aromatic carbocycles. The summed E-state index contributed by atoms with van der Waals surface area (Å²) >= 11 is 4.66. The van der Waals surface area contributed by atoms with Crippen molar-refractivity contribution in [2.45, 2.75) is 0 Å². The van der Waals surface area contributed by atoms with Gasteiger partial charge in [0.05, 0.1) is 4.47 Å². The highest BCUT2D eigenvalue weighted by Crippen LogP contribution is 2.29. The second kappa shape index (κ2) is 5.62. The van der Waals surface area contributed by atoms with Crippen molar-refractivity contribution in [1.29, 1.82) is 0 Å². The van der Waals surface area contributed by atoms with Crippen LogP contribution in [0.25, 0.3) is 0 Å². The molecule has 1 rings (SSSR count). The van der Waals surface area contributed by atoms with Crippen molar-refractivity contribution < 1.29 is 13.9 Å².